The number of methoxy groups -OCH3 is 2. The van der Waals surface area contributed by atoms with Gasteiger partial charge in [-0.25, -0.2) is 0 Å². The Bertz CT molecular complexity index is 178. The molecule has 0 saturated heterocycles. The molecule has 0 aromatic carbocycles. The molecule has 2 atom stereocenters. The topological polar surface area (TPSA) is 61.5 Å². The predicted octanol–water partition coefficient (Wildman–Crippen LogP) is 1.04. The molecule has 4 nitrogen and oxygen atoms in total. The van der Waals surface area contributed by atoms with Crippen LogP contribution in [0.25, 0.3) is 0 Å². The number of rotatable bonds is 8. The fraction of sp³-hybridized carbons (Fsp3) is 0.900. The van der Waals surface area contributed by atoms with Crippen LogP contribution in [-0.4, -0.2) is 43.8 Å². The summed E-state index contributed by atoms with van der Waals surface area (Å²) in [5.41, 5.74) is 5.60. The van der Waals surface area contributed by atoms with Crippen molar-refractivity contribution in [2.75, 3.05) is 26.6 Å². The van der Waals surface area contributed by atoms with Crippen molar-refractivity contribution in [3.05, 3.63) is 0 Å². The molecule has 0 spiro atoms. The molecule has 0 aliphatic carbocycles. The van der Waals surface area contributed by atoms with Crippen LogP contribution in [0.1, 0.15) is 19.8 Å². The normalized spacial score (nSPS) is 14.7. The molecule has 0 heterocycles. The molecule has 0 saturated carbocycles. The zero-order valence-corrected chi connectivity index (χ0v) is 10.5. The van der Waals surface area contributed by atoms with Gasteiger partial charge in [0.25, 0.3) is 0 Å². The van der Waals surface area contributed by atoms with E-state index in [9.17, 15) is 4.79 Å². The van der Waals surface area contributed by atoms with Crippen LogP contribution in [0.3, 0.4) is 0 Å². The van der Waals surface area contributed by atoms with Gasteiger partial charge >= 0.3 is 5.97 Å². The van der Waals surface area contributed by atoms with Gasteiger partial charge in [-0.05, 0) is 18.6 Å². The van der Waals surface area contributed by atoms with Gasteiger partial charge in [-0.2, -0.15) is 11.8 Å². The minimum absolute atomic E-state index is 0.333. The Morgan fingerprint density at radius 1 is 1.40 bits per heavy atom. The van der Waals surface area contributed by atoms with E-state index in [2.05, 4.69) is 11.7 Å². The second kappa shape index (κ2) is 9.00. The molecule has 0 aliphatic rings. The third-order valence-electron chi connectivity index (χ3n) is 2.06. The van der Waals surface area contributed by atoms with Gasteiger partial charge in [0.1, 0.15) is 6.04 Å². The highest BCUT2D eigenvalue weighted by molar-refractivity contribution is 7.99. The molecule has 0 rings (SSSR count). The molecule has 5 heteroatoms. The van der Waals surface area contributed by atoms with Crippen molar-refractivity contribution in [3.63, 3.8) is 0 Å². The summed E-state index contributed by atoms with van der Waals surface area (Å²) in [4.78, 5) is 11.0. The number of esters is 1. The van der Waals surface area contributed by atoms with E-state index in [1.54, 1.807) is 18.9 Å². The van der Waals surface area contributed by atoms with Crippen LogP contribution in [-0.2, 0) is 14.3 Å². The van der Waals surface area contributed by atoms with Gasteiger partial charge in [-0.1, -0.05) is 6.92 Å². The highest BCUT2D eigenvalue weighted by atomic mass is 32.2. The van der Waals surface area contributed by atoms with E-state index in [4.69, 9.17) is 10.5 Å². The van der Waals surface area contributed by atoms with Crippen LogP contribution in [0.5, 0.6) is 0 Å². The van der Waals surface area contributed by atoms with Gasteiger partial charge in [0, 0.05) is 19.0 Å². The maximum atomic E-state index is 11.0. The monoisotopic (exact) mass is 235 g/mol. The Morgan fingerprint density at radius 2 is 2.07 bits per heavy atom. The number of thioether (sulfide) groups is 1. The predicted molar refractivity (Wildman–Crippen MR) is 63.0 cm³/mol. The molecule has 15 heavy (non-hydrogen) atoms. The number of ether oxygens (including phenoxy) is 2. The second-order valence-electron chi connectivity index (χ2n) is 3.38. The molecule has 0 aromatic rings. The minimum Gasteiger partial charge on any atom is -0.468 e. The van der Waals surface area contributed by atoms with Crippen molar-refractivity contribution < 1.29 is 14.3 Å². The Labute approximate surface area is 95.9 Å². The summed E-state index contributed by atoms with van der Waals surface area (Å²) in [6, 6.07) is -0.489. The molecule has 0 radical (unpaired) electrons. The van der Waals surface area contributed by atoms with Crippen molar-refractivity contribution in [2.24, 2.45) is 5.73 Å². The van der Waals surface area contributed by atoms with E-state index in [0.717, 1.165) is 18.8 Å². The van der Waals surface area contributed by atoms with E-state index in [0.29, 0.717) is 11.7 Å². The van der Waals surface area contributed by atoms with Crippen LogP contribution >= 0.6 is 11.8 Å². The number of nitrogens with two attached hydrogens (primary N) is 1. The van der Waals surface area contributed by atoms with E-state index < -0.39 is 6.04 Å². The zero-order chi connectivity index (χ0) is 11.7. The second-order valence-corrected chi connectivity index (χ2v) is 4.93. The van der Waals surface area contributed by atoms with Gasteiger partial charge in [0.2, 0.25) is 0 Å². The lowest BCUT2D eigenvalue weighted by Gasteiger charge is -2.12. The summed E-state index contributed by atoms with van der Waals surface area (Å²) in [5.74, 6) is 0.543. The lowest BCUT2D eigenvalue weighted by atomic mass is 10.2. The summed E-state index contributed by atoms with van der Waals surface area (Å²) in [7, 11) is 3.06. The zero-order valence-electron chi connectivity index (χ0n) is 9.69. The van der Waals surface area contributed by atoms with Crippen LogP contribution in [0.4, 0.5) is 0 Å². The van der Waals surface area contributed by atoms with Crippen LogP contribution in [0.2, 0.25) is 0 Å². The summed E-state index contributed by atoms with van der Waals surface area (Å²) in [6.45, 7) is 2.92. The van der Waals surface area contributed by atoms with Crippen molar-refractivity contribution in [3.8, 4) is 0 Å². The summed E-state index contributed by atoms with van der Waals surface area (Å²) >= 11 is 1.80. The highest BCUT2D eigenvalue weighted by Gasteiger charge is 2.13. The first kappa shape index (κ1) is 14.7. The third-order valence-corrected chi connectivity index (χ3v) is 3.34. The number of carbonyl (C=O) groups excluding carboxylic acids is 1. The minimum atomic E-state index is -0.489. The highest BCUT2D eigenvalue weighted by Crippen LogP contribution is 2.15. The lowest BCUT2D eigenvalue weighted by molar-refractivity contribution is -0.142. The first-order valence-electron chi connectivity index (χ1n) is 5.05. The molecule has 0 fully saturated rings. The average molecular weight is 235 g/mol. The Kier molecular flexibility index (Phi) is 8.85. The Morgan fingerprint density at radius 3 is 2.60 bits per heavy atom. The summed E-state index contributed by atoms with van der Waals surface area (Å²) in [6.07, 6.45) is 1.68. The number of hydrogen-bond acceptors (Lipinski definition) is 5. The first-order valence-corrected chi connectivity index (χ1v) is 6.10. The molecular weight excluding hydrogens is 214 g/mol. The molecule has 2 N–H and O–H groups in total. The SMILES string of the molecule is COCCC(C)SCCC(N)C(=O)OC. The first-order chi connectivity index (χ1) is 7.11. The Balaban J connectivity index is 3.47. The fourth-order valence-corrected chi connectivity index (χ4v) is 2.09. The molecule has 0 aromatic heterocycles. The molecule has 90 valence electrons. The summed E-state index contributed by atoms with van der Waals surface area (Å²) in [5, 5.41) is 0.537. The average Bonchev–Trinajstić information content (AvgIpc) is 2.24. The van der Waals surface area contributed by atoms with E-state index in [-0.39, 0.29) is 5.97 Å². The fourth-order valence-electron chi connectivity index (χ4n) is 1.03. The molecule has 0 amide bonds. The van der Waals surface area contributed by atoms with Gasteiger partial charge in [-0.3, -0.25) is 4.79 Å². The largest absolute Gasteiger partial charge is 0.468 e. The standard InChI is InChI=1S/C10H21NO3S/c1-8(4-6-13-2)15-7-5-9(11)10(12)14-3/h8-9H,4-7,11H2,1-3H3. The van der Waals surface area contributed by atoms with Gasteiger partial charge < -0.3 is 15.2 Å². The summed E-state index contributed by atoms with van der Waals surface area (Å²) < 4.78 is 9.52. The van der Waals surface area contributed by atoms with E-state index in [1.165, 1.54) is 7.11 Å². The molecule has 2 unspecified atom stereocenters. The Hall–Kier alpha value is -0.260. The van der Waals surface area contributed by atoms with Gasteiger partial charge in [0.15, 0.2) is 0 Å². The van der Waals surface area contributed by atoms with Crippen LogP contribution in [0, 0.1) is 0 Å². The van der Waals surface area contributed by atoms with Crippen LogP contribution < -0.4 is 5.73 Å². The maximum Gasteiger partial charge on any atom is 0.322 e. The molecule has 0 aliphatic heterocycles. The lowest BCUT2D eigenvalue weighted by Crippen LogP contribution is -2.32. The van der Waals surface area contributed by atoms with Crippen molar-refractivity contribution in [2.45, 2.75) is 31.1 Å². The molecular formula is C10H21NO3S. The smallest absolute Gasteiger partial charge is 0.322 e. The van der Waals surface area contributed by atoms with E-state index in [1.807, 2.05) is 0 Å². The maximum absolute atomic E-state index is 11.0. The molecule has 0 bridgehead atoms. The van der Waals surface area contributed by atoms with Crippen molar-refractivity contribution in [1.82, 2.24) is 0 Å². The van der Waals surface area contributed by atoms with Crippen molar-refractivity contribution in [1.29, 1.82) is 0 Å². The number of hydrogen-bond donors (Lipinski definition) is 1. The van der Waals surface area contributed by atoms with Gasteiger partial charge in [0.05, 0.1) is 7.11 Å². The third kappa shape index (κ3) is 7.64. The van der Waals surface area contributed by atoms with Crippen molar-refractivity contribution >= 4 is 17.7 Å². The van der Waals surface area contributed by atoms with Crippen LogP contribution in [0.15, 0.2) is 0 Å². The van der Waals surface area contributed by atoms with E-state index >= 15 is 0 Å². The quantitative estimate of drug-likeness (QED) is 0.637. The van der Waals surface area contributed by atoms with Gasteiger partial charge in [-0.15, -0.1) is 0 Å². The number of carbonyl (C=O) groups is 1.